The molecular formula is C17H23NO5. The highest BCUT2D eigenvalue weighted by Gasteiger charge is 2.45. The van der Waals surface area contributed by atoms with Crippen molar-refractivity contribution in [1.82, 2.24) is 5.32 Å². The van der Waals surface area contributed by atoms with Crippen LogP contribution in [0.15, 0.2) is 30.3 Å². The maximum Gasteiger partial charge on any atom is 0.516 e. The van der Waals surface area contributed by atoms with Gasteiger partial charge in [0, 0.05) is 6.42 Å². The Balaban J connectivity index is 1.99. The van der Waals surface area contributed by atoms with Gasteiger partial charge < -0.3 is 14.2 Å². The van der Waals surface area contributed by atoms with Crippen LogP contribution >= 0.6 is 0 Å². The van der Waals surface area contributed by atoms with Gasteiger partial charge in [0.1, 0.15) is 5.60 Å². The lowest BCUT2D eigenvalue weighted by Crippen LogP contribution is -2.51. The van der Waals surface area contributed by atoms with Crippen molar-refractivity contribution in [1.29, 1.82) is 0 Å². The molecule has 6 nitrogen and oxygen atoms in total. The van der Waals surface area contributed by atoms with Crippen LogP contribution in [-0.2, 0) is 25.6 Å². The number of esters is 1. The topological polar surface area (TPSA) is 73.9 Å². The quantitative estimate of drug-likeness (QED) is 0.679. The molecule has 6 heteroatoms. The third-order valence-corrected chi connectivity index (χ3v) is 3.34. The summed E-state index contributed by atoms with van der Waals surface area (Å²) in [4.78, 5) is 24.1. The second-order valence-corrected chi connectivity index (χ2v) is 6.49. The molecule has 1 aromatic rings. The third kappa shape index (κ3) is 5.04. The minimum atomic E-state index is -1.30. The molecule has 1 aliphatic heterocycles. The van der Waals surface area contributed by atoms with Crippen molar-refractivity contribution in [2.45, 2.75) is 51.5 Å². The Kier molecular flexibility index (Phi) is 5.38. The zero-order valence-electron chi connectivity index (χ0n) is 13.8. The lowest BCUT2D eigenvalue weighted by atomic mass is 10.1. The van der Waals surface area contributed by atoms with Crippen molar-refractivity contribution in [3.63, 3.8) is 0 Å². The smallest absolute Gasteiger partial charge is 0.428 e. The average Bonchev–Trinajstić information content (AvgIpc) is 2.94. The zero-order chi connectivity index (χ0) is 16.9. The van der Waals surface area contributed by atoms with E-state index in [1.54, 1.807) is 20.8 Å². The maximum absolute atomic E-state index is 12.4. The molecule has 1 aromatic carbocycles. The highest BCUT2D eigenvalue weighted by Crippen LogP contribution is 2.25. The lowest BCUT2D eigenvalue weighted by molar-refractivity contribution is -0.174. The van der Waals surface area contributed by atoms with Crippen LogP contribution in [0.25, 0.3) is 0 Å². The van der Waals surface area contributed by atoms with Gasteiger partial charge in [-0.15, -0.1) is 0 Å². The average molecular weight is 321 g/mol. The van der Waals surface area contributed by atoms with E-state index >= 15 is 0 Å². The first-order valence-electron chi connectivity index (χ1n) is 7.69. The molecule has 1 atom stereocenters. The van der Waals surface area contributed by atoms with Gasteiger partial charge in [-0.05, 0) is 39.3 Å². The molecule has 0 unspecified atom stereocenters. The number of hydrogen-bond donors (Lipinski definition) is 1. The van der Waals surface area contributed by atoms with Crippen molar-refractivity contribution in [2.24, 2.45) is 0 Å². The van der Waals surface area contributed by atoms with E-state index < -0.39 is 23.5 Å². The Labute approximate surface area is 136 Å². The Morgan fingerprint density at radius 3 is 2.48 bits per heavy atom. The monoisotopic (exact) mass is 321 g/mol. The standard InChI is InChI=1S/C17H23NO5/c1-16(2,3)23-15(20)22-14(19)17(10-7-11-18-17)21-12-13-8-5-4-6-9-13/h4-6,8-9,18H,7,10-12H2,1-3H3/t17-/m1/s1. The number of ether oxygens (including phenoxy) is 3. The van der Waals surface area contributed by atoms with E-state index in [-0.39, 0.29) is 6.61 Å². The molecule has 0 radical (unpaired) electrons. The van der Waals surface area contributed by atoms with E-state index in [1.165, 1.54) is 0 Å². The van der Waals surface area contributed by atoms with E-state index in [2.05, 4.69) is 5.32 Å². The van der Waals surface area contributed by atoms with Gasteiger partial charge in [-0.3, -0.25) is 5.32 Å². The van der Waals surface area contributed by atoms with E-state index in [4.69, 9.17) is 14.2 Å². The molecule has 0 aliphatic carbocycles. The number of nitrogens with one attached hydrogen (secondary N) is 1. The van der Waals surface area contributed by atoms with Crippen molar-refractivity contribution in [2.75, 3.05) is 6.54 Å². The predicted octanol–water partition coefficient (Wildman–Crippen LogP) is 2.76. The van der Waals surface area contributed by atoms with Crippen LogP contribution < -0.4 is 5.32 Å². The third-order valence-electron chi connectivity index (χ3n) is 3.34. The molecule has 0 amide bonds. The molecule has 1 heterocycles. The van der Waals surface area contributed by atoms with Crippen LogP contribution in [0.3, 0.4) is 0 Å². The summed E-state index contributed by atoms with van der Waals surface area (Å²) in [5, 5.41) is 3.00. The van der Waals surface area contributed by atoms with Crippen LogP contribution in [0.4, 0.5) is 4.79 Å². The minimum Gasteiger partial charge on any atom is -0.428 e. The fourth-order valence-electron chi connectivity index (χ4n) is 2.28. The minimum absolute atomic E-state index is 0.247. The predicted molar refractivity (Wildman–Crippen MR) is 83.5 cm³/mol. The summed E-state index contributed by atoms with van der Waals surface area (Å²) in [5.74, 6) is -0.764. The first-order chi connectivity index (χ1) is 10.8. The molecule has 23 heavy (non-hydrogen) atoms. The van der Waals surface area contributed by atoms with Gasteiger partial charge in [-0.1, -0.05) is 30.3 Å². The Morgan fingerprint density at radius 2 is 1.91 bits per heavy atom. The van der Waals surface area contributed by atoms with Crippen LogP contribution in [0.5, 0.6) is 0 Å². The van der Waals surface area contributed by atoms with Crippen LogP contribution in [0.1, 0.15) is 39.2 Å². The Bertz CT molecular complexity index is 544. The van der Waals surface area contributed by atoms with E-state index in [0.717, 1.165) is 12.0 Å². The van der Waals surface area contributed by atoms with Gasteiger partial charge in [0.2, 0.25) is 5.72 Å². The van der Waals surface area contributed by atoms with Gasteiger partial charge in [0.15, 0.2) is 0 Å². The van der Waals surface area contributed by atoms with Gasteiger partial charge in [-0.2, -0.15) is 0 Å². The molecule has 126 valence electrons. The fourth-order valence-corrected chi connectivity index (χ4v) is 2.28. The molecule has 0 bridgehead atoms. The van der Waals surface area contributed by atoms with Crippen LogP contribution in [0, 0.1) is 0 Å². The number of benzene rings is 1. The first kappa shape index (κ1) is 17.4. The number of carbonyl (C=O) groups excluding carboxylic acids is 2. The van der Waals surface area contributed by atoms with Gasteiger partial charge >= 0.3 is 12.1 Å². The van der Waals surface area contributed by atoms with Crippen molar-refractivity contribution < 1.29 is 23.8 Å². The van der Waals surface area contributed by atoms with E-state index in [1.807, 2.05) is 30.3 Å². The molecule has 2 rings (SSSR count). The normalized spacial score (nSPS) is 21.0. The molecule has 0 saturated carbocycles. The summed E-state index contributed by atoms with van der Waals surface area (Å²) >= 11 is 0. The lowest BCUT2D eigenvalue weighted by Gasteiger charge is -2.27. The molecule has 1 fully saturated rings. The Hall–Kier alpha value is -1.92. The largest absolute Gasteiger partial charge is 0.516 e. The molecule has 0 spiro atoms. The summed E-state index contributed by atoms with van der Waals surface area (Å²) in [6.07, 6.45) is 0.193. The van der Waals surface area contributed by atoms with Crippen LogP contribution in [0.2, 0.25) is 0 Å². The molecule has 0 aromatic heterocycles. The van der Waals surface area contributed by atoms with Crippen molar-refractivity contribution >= 4 is 12.1 Å². The molecule has 1 N–H and O–H groups in total. The van der Waals surface area contributed by atoms with E-state index in [9.17, 15) is 9.59 Å². The second kappa shape index (κ2) is 7.10. The summed E-state index contributed by atoms with van der Waals surface area (Å²) in [5.41, 5.74) is -1.09. The zero-order valence-corrected chi connectivity index (χ0v) is 13.8. The number of hydrogen-bond acceptors (Lipinski definition) is 6. The first-order valence-corrected chi connectivity index (χ1v) is 7.69. The number of carbonyl (C=O) groups is 2. The SMILES string of the molecule is CC(C)(C)OC(=O)OC(=O)[C@]1(OCc2ccccc2)CCCN1. The fraction of sp³-hybridized carbons (Fsp3) is 0.529. The van der Waals surface area contributed by atoms with Crippen molar-refractivity contribution in [3.05, 3.63) is 35.9 Å². The molecule has 1 aliphatic rings. The summed E-state index contributed by atoms with van der Waals surface area (Å²) in [7, 11) is 0. The molecular weight excluding hydrogens is 298 g/mol. The highest BCUT2D eigenvalue weighted by molar-refractivity contribution is 5.88. The maximum atomic E-state index is 12.4. The molecule has 1 saturated heterocycles. The Morgan fingerprint density at radius 1 is 1.22 bits per heavy atom. The summed E-state index contributed by atoms with van der Waals surface area (Å²) in [6.45, 7) is 5.98. The van der Waals surface area contributed by atoms with Gasteiger partial charge in [-0.25, -0.2) is 9.59 Å². The second-order valence-electron chi connectivity index (χ2n) is 6.49. The van der Waals surface area contributed by atoms with E-state index in [0.29, 0.717) is 13.0 Å². The van der Waals surface area contributed by atoms with Gasteiger partial charge in [0.05, 0.1) is 6.61 Å². The van der Waals surface area contributed by atoms with Gasteiger partial charge in [0.25, 0.3) is 0 Å². The number of rotatable bonds is 4. The summed E-state index contributed by atoms with van der Waals surface area (Å²) in [6, 6.07) is 9.51. The van der Waals surface area contributed by atoms with Crippen molar-refractivity contribution in [3.8, 4) is 0 Å². The summed E-state index contributed by atoms with van der Waals surface area (Å²) < 4.78 is 15.6. The van der Waals surface area contributed by atoms with Crippen LogP contribution in [-0.4, -0.2) is 30.0 Å². The highest BCUT2D eigenvalue weighted by atomic mass is 16.8.